The molecule has 0 saturated heterocycles. The van der Waals surface area contributed by atoms with E-state index >= 15 is 0 Å². The second kappa shape index (κ2) is 14.9. The average molecular weight is 793 g/mol. The zero-order chi connectivity index (χ0) is 41.0. The van der Waals surface area contributed by atoms with Crippen molar-refractivity contribution in [2.24, 2.45) is 0 Å². The van der Waals surface area contributed by atoms with E-state index in [2.05, 4.69) is 200 Å². The number of fused-ring (bicyclic) bond motifs is 7. The van der Waals surface area contributed by atoms with Gasteiger partial charge in [0.1, 0.15) is 0 Å². The van der Waals surface area contributed by atoms with E-state index < -0.39 is 0 Å². The van der Waals surface area contributed by atoms with Gasteiger partial charge in [0, 0.05) is 22.1 Å². The van der Waals surface area contributed by atoms with Crippen LogP contribution in [0.4, 0.5) is 0 Å². The summed E-state index contributed by atoms with van der Waals surface area (Å²) < 4.78 is 0. The van der Waals surface area contributed by atoms with E-state index in [1.807, 2.05) is 6.07 Å². The highest BCUT2D eigenvalue weighted by Crippen LogP contribution is 2.59. The highest BCUT2D eigenvalue weighted by Gasteiger charge is 2.45. The van der Waals surface area contributed by atoms with Crippen LogP contribution in [0, 0.1) is 0 Å². The van der Waals surface area contributed by atoms with E-state index in [0.717, 1.165) is 33.6 Å². The molecule has 2 aliphatic rings. The van der Waals surface area contributed by atoms with E-state index in [9.17, 15) is 0 Å². The smallest absolute Gasteiger partial charge is 0.160 e. The van der Waals surface area contributed by atoms with Crippen LogP contribution in [0.3, 0.4) is 0 Å². The van der Waals surface area contributed by atoms with Crippen LogP contribution in [0.5, 0.6) is 0 Å². The SMILES string of the molecule is c1ccc(-c2cccc(-c3cc(-c4ccc(-c5ccc6ccccc6c5-c5cccc6c5-c5cc7ccccc7cc5C65CCCCC5)cc4)nc(-c4ccccc4)n3)c2)cc1. The molecule has 294 valence electrons. The predicted molar refractivity (Wildman–Crippen MR) is 259 cm³/mol. The molecular weight excluding hydrogens is 749 g/mol. The highest BCUT2D eigenvalue weighted by molar-refractivity contribution is 6.09. The van der Waals surface area contributed by atoms with E-state index in [1.165, 1.54) is 104 Å². The molecule has 1 saturated carbocycles. The third kappa shape index (κ3) is 6.09. The van der Waals surface area contributed by atoms with Crippen LogP contribution in [-0.2, 0) is 5.41 Å². The van der Waals surface area contributed by atoms with Crippen LogP contribution in [0.2, 0.25) is 0 Å². The molecule has 0 bridgehead atoms. The molecule has 9 aromatic carbocycles. The zero-order valence-electron chi connectivity index (χ0n) is 34.6. The topological polar surface area (TPSA) is 25.8 Å². The number of rotatable bonds is 6. The second-order valence-electron chi connectivity index (χ2n) is 17.2. The lowest BCUT2D eigenvalue weighted by molar-refractivity contribution is 0.353. The van der Waals surface area contributed by atoms with Crippen molar-refractivity contribution in [2.45, 2.75) is 37.5 Å². The van der Waals surface area contributed by atoms with Gasteiger partial charge in [0.05, 0.1) is 11.4 Å². The second-order valence-corrected chi connectivity index (χ2v) is 17.2. The lowest BCUT2D eigenvalue weighted by Crippen LogP contribution is -2.28. The fraction of sp³-hybridized carbons (Fsp3) is 0.100. The number of benzene rings is 9. The fourth-order valence-electron chi connectivity index (χ4n) is 10.7. The van der Waals surface area contributed by atoms with Gasteiger partial charge in [-0.05, 0) is 114 Å². The van der Waals surface area contributed by atoms with Crippen LogP contribution < -0.4 is 0 Å². The van der Waals surface area contributed by atoms with Crippen LogP contribution in [0.15, 0.2) is 206 Å². The van der Waals surface area contributed by atoms with E-state index in [-0.39, 0.29) is 5.41 Å². The molecule has 62 heavy (non-hydrogen) atoms. The molecule has 0 aliphatic heterocycles. The quantitative estimate of drug-likeness (QED) is 0.168. The minimum absolute atomic E-state index is 0.0488. The third-order valence-corrected chi connectivity index (χ3v) is 13.7. The van der Waals surface area contributed by atoms with Crippen molar-refractivity contribution >= 4 is 21.5 Å². The first-order valence-corrected chi connectivity index (χ1v) is 22.1. The zero-order valence-corrected chi connectivity index (χ0v) is 34.6. The number of aromatic nitrogens is 2. The first kappa shape index (κ1) is 36.4. The van der Waals surface area contributed by atoms with Gasteiger partial charge in [-0.15, -0.1) is 0 Å². The summed E-state index contributed by atoms with van der Waals surface area (Å²) in [7, 11) is 0. The molecule has 12 rings (SSSR count). The van der Waals surface area contributed by atoms with Crippen LogP contribution >= 0.6 is 0 Å². The Bertz CT molecular complexity index is 3300. The van der Waals surface area contributed by atoms with Gasteiger partial charge in [-0.25, -0.2) is 9.97 Å². The Morgan fingerprint density at radius 1 is 0.323 bits per heavy atom. The summed E-state index contributed by atoms with van der Waals surface area (Å²) in [5, 5.41) is 5.17. The molecule has 0 unspecified atom stereocenters. The maximum absolute atomic E-state index is 5.20. The van der Waals surface area contributed by atoms with Crippen molar-refractivity contribution < 1.29 is 0 Å². The molecule has 10 aromatic rings. The summed E-state index contributed by atoms with van der Waals surface area (Å²) in [6.45, 7) is 0. The molecule has 1 spiro atoms. The molecule has 2 nitrogen and oxygen atoms in total. The Labute approximate surface area is 363 Å². The molecule has 1 fully saturated rings. The maximum Gasteiger partial charge on any atom is 0.160 e. The Kier molecular flexibility index (Phi) is 8.78. The predicted octanol–water partition coefficient (Wildman–Crippen LogP) is 16.0. The van der Waals surface area contributed by atoms with Crippen LogP contribution in [0.25, 0.3) is 100.0 Å². The Morgan fingerprint density at radius 2 is 0.935 bits per heavy atom. The molecular formula is C60H44N2. The molecule has 2 heteroatoms. The third-order valence-electron chi connectivity index (χ3n) is 13.7. The van der Waals surface area contributed by atoms with Crippen molar-refractivity contribution in [3.05, 3.63) is 217 Å². The van der Waals surface area contributed by atoms with E-state index in [0.29, 0.717) is 5.82 Å². The van der Waals surface area contributed by atoms with Crippen LogP contribution in [-0.4, -0.2) is 9.97 Å². The Morgan fingerprint density at radius 3 is 1.71 bits per heavy atom. The standard InChI is InChI=1S/C60H44N2/c1-4-16-40(17-5-1)45-23-14-24-48(36-45)56-39-55(61-59(62-56)44-19-6-2-7-20-44)43-30-28-42(29-31-43)50-33-32-41-18-10-11-25-49(41)57(50)51-26-15-27-53-58(51)52-37-46-21-8-9-22-47(46)38-54(52)60(53)34-12-3-13-35-60/h1-2,4-11,14-33,36-39H,3,12-13,34-35H2. The molecule has 1 heterocycles. The van der Waals surface area contributed by atoms with Gasteiger partial charge in [0.2, 0.25) is 0 Å². The van der Waals surface area contributed by atoms with Gasteiger partial charge in [0.15, 0.2) is 5.82 Å². The first-order chi connectivity index (χ1) is 30.7. The molecule has 0 atom stereocenters. The molecule has 0 N–H and O–H groups in total. The van der Waals surface area contributed by atoms with Crippen molar-refractivity contribution in [2.75, 3.05) is 0 Å². The Balaban J connectivity index is 1.01. The molecule has 0 amide bonds. The normalized spacial score (nSPS) is 13.9. The highest BCUT2D eigenvalue weighted by atomic mass is 14.9. The summed E-state index contributed by atoms with van der Waals surface area (Å²) in [5.41, 5.74) is 18.2. The summed E-state index contributed by atoms with van der Waals surface area (Å²) in [6, 6.07) is 75.4. The van der Waals surface area contributed by atoms with Crippen molar-refractivity contribution in [3.63, 3.8) is 0 Å². The van der Waals surface area contributed by atoms with Crippen molar-refractivity contribution in [3.8, 4) is 78.4 Å². The van der Waals surface area contributed by atoms with Crippen LogP contribution in [0.1, 0.15) is 43.2 Å². The lowest BCUT2D eigenvalue weighted by atomic mass is 9.67. The van der Waals surface area contributed by atoms with Gasteiger partial charge in [-0.2, -0.15) is 0 Å². The Hall–Kier alpha value is -7.42. The van der Waals surface area contributed by atoms with Gasteiger partial charge < -0.3 is 0 Å². The summed E-state index contributed by atoms with van der Waals surface area (Å²) in [4.78, 5) is 10.4. The average Bonchev–Trinajstić information content (AvgIpc) is 3.60. The van der Waals surface area contributed by atoms with E-state index in [4.69, 9.17) is 9.97 Å². The number of nitrogens with zero attached hydrogens (tertiary/aromatic N) is 2. The van der Waals surface area contributed by atoms with E-state index in [1.54, 1.807) is 0 Å². The summed E-state index contributed by atoms with van der Waals surface area (Å²) in [5.74, 6) is 0.714. The molecule has 2 aliphatic carbocycles. The monoisotopic (exact) mass is 792 g/mol. The minimum atomic E-state index is 0.0488. The van der Waals surface area contributed by atoms with Crippen molar-refractivity contribution in [1.29, 1.82) is 0 Å². The number of hydrogen-bond donors (Lipinski definition) is 0. The molecule has 0 radical (unpaired) electrons. The molecule has 1 aromatic heterocycles. The minimum Gasteiger partial charge on any atom is -0.228 e. The first-order valence-electron chi connectivity index (χ1n) is 22.1. The van der Waals surface area contributed by atoms with Gasteiger partial charge in [-0.1, -0.05) is 201 Å². The van der Waals surface area contributed by atoms with Gasteiger partial charge in [0.25, 0.3) is 0 Å². The van der Waals surface area contributed by atoms with Crippen molar-refractivity contribution in [1.82, 2.24) is 9.97 Å². The summed E-state index contributed by atoms with van der Waals surface area (Å²) >= 11 is 0. The lowest BCUT2D eigenvalue weighted by Gasteiger charge is -2.36. The number of hydrogen-bond acceptors (Lipinski definition) is 2. The van der Waals surface area contributed by atoms with Gasteiger partial charge in [-0.3, -0.25) is 0 Å². The largest absolute Gasteiger partial charge is 0.228 e. The van der Waals surface area contributed by atoms with Gasteiger partial charge >= 0.3 is 0 Å². The maximum atomic E-state index is 5.20. The summed E-state index contributed by atoms with van der Waals surface area (Å²) in [6.07, 6.45) is 6.25. The fourth-order valence-corrected chi connectivity index (χ4v) is 10.7.